The lowest BCUT2D eigenvalue weighted by molar-refractivity contribution is -0.119. The van der Waals surface area contributed by atoms with Crippen molar-refractivity contribution in [1.29, 1.82) is 0 Å². The van der Waals surface area contributed by atoms with Gasteiger partial charge in [-0.1, -0.05) is 0 Å². The molecule has 0 unspecified atom stereocenters. The average Bonchev–Trinajstić information content (AvgIpc) is 2.64. The van der Waals surface area contributed by atoms with Gasteiger partial charge in [-0.15, -0.1) is 0 Å². The predicted octanol–water partition coefficient (Wildman–Crippen LogP) is 0.580. The highest BCUT2D eigenvalue weighted by Crippen LogP contribution is 2.51. The monoisotopic (exact) mass is 184 g/mol. The molecule has 4 heteroatoms. The minimum atomic E-state index is -0.0961. The second kappa shape index (κ2) is 2.12. The van der Waals surface area contributed by atoms with Gasteiger partial charge in [0, 0.05) is 0 Å². The minimum absolute atomic E-state index is 0.0391. The number of ether oxygens (including phenoxy) is 1. The predicted molar refractivity (Wildman–Crippen MR) is 42.5 cm³/mol. The van der Waals surface area contributed by atoms with E-state index in [1.165, 1.54) is 0 Å². The Hall–Kier alpha value is -0.350. The molecule has 0 aromatic rings. The molecule has 0 aromatic carbocycles. The van der Waals surface area contributed by atoms with Gasteiger partial charge in [0.05, 0.1) is 24.0 Å². The van der Waals surface area contributed by atoms with Crippen LogP contribution in [0.3, 0.4) is 0 Å². The van der Waals surface area contributed by atoms with Crippen molar-refractivity contribution in [1.82, 2.24) is 0 Å². The molecular formula is C8H8O3S. The zero-order chi connectivity index (χ0) is 8.29. The Bertz CT molecular complexity index is 249. The van der Waals surface area contributed by atoms with E-state index in [-0.39, 0.29) is 34.3 Å². The topological polar surface area (TPSA) is 43.4 Å². The molecule has 3 aliphatic heterocycles. The molecule has 0 amide bonds. The Morgan fingerprint density at radius 3 is 2.08 bits per heavy atom. The van der Waals surface area contributed by atoms with Crippen molar-refractivity contribution in [2.75, 3.05) is 0 Å². The molecule has 0 saturated carbocycles. The summed E-state index contributed by atoms with van der Waals surface area (Å²) in [6.45, 7) is 0. The highest BCUT2D eigenvalue weighted by Gasteiger charge is 2.59. The van der Waals surface area contributed by atoms with Crippen LogP contribution < -0.4 is 0 Å². The molecular weight excluding hydrogens is 176 g/mol. The summed E-state index contributed by atoms with van der Waals surface area (Å²) in [6, 6.07) is 0. The van der Waals surface area contributed by atoms with Gasteiger partial charge >= 0.3 is 0 Å². The normalized spacial score (nSPS) is 50.3. The third-order valence-corrected chi connectivity index (χ3v) is 3.97. The van der Waals surface area contributed by atoms with Crippen molar-refractivity contribution in [2.24, 2.45) is 11.8 Å². The molecule has 4 atom stereocenters. The van der Waals surface area contributed by atoms with E-state index in [9.17, 15) is 9.59 Å². The molecule has 3 heterocycles. The van der Waals surface area contributed by atoms with E-state index in [1.807, 2.05) is 0 Å². The van der Waals surface area contributed by atoms with Crippen LogP contribution in [0.15, 0.2) is 0 Å². The van der Waals surface area contributed by atoms with Crippen LogP contribution in [-0.4, -0.2) is 22.4 Å². The van der Waals surface area contributed by atoms with Gasteiger partial charge in [0.15, 0.2) is 0 Å². The highest BCUT2D eigenvalue weighted by atomic mass is 32.2. The summed E-state index contributed by atoms with van der Waals surface area (Å²) in [5, 5.41) is 0.0781. The van der Waals surface area contributed by atoms with Gasteiger partial charge in [-0.2, -0.15) is 0 Å². The first-order valence-electron chi connectivity index (χ1n) is 4.18. The number of carbonyl (C=O) groups is 2. The number of carbonyl (C=O) groups excluding carboxylic acids is 2. The summed E-state index contributed by atoms with van der Waals surface area (Å²) < 4.78 is 5.53. The van der Waals surface area contributed by atoms with Crippen LogP contribution in [0.25, 0.3) is 0 Å². The van der Waals surface area contributed by atoms with Crippen LogP contribution in [0, 0.1) is 11.8 Å². The van der Waals surface area contributed by atoms with Gasteiger partial charge < -0.3 is 4.74 Å². The summed E-state index contributed by atoms with van der Waals surface area (Å²) in [4.78, 5) is 22.6. The van der Waals surface area contributed by atoms with Gasteiger partial charge in [0.25, 0.3) is 0 Å². The summed E-state index contributed by atoms with van der Waals surface area (Å²) >= 11 is 0.902. The first-order valence-corrected chi connectivity index (χ1v) is 5.00. The smallest absolute Gasteiger partial charge is 0.202 e. The molecule has 3 aliphatic rings. The average molecular weight is 184 g/mol. The van der Waals surface area contributed by atoms with Crippen LogP contribution in [-0.2, 0) is 14.3 Å². The van der Waals surface area contributed by atoms with Gasteiger partial charge in [0.1, 0.15) is 0 Å². The molecule has 0 N–H and O–H groups in total. The van der Waals surface area contributed by atoms with Crippen LogP contribution in [0.4, 0.5) is 0 Å². The van der Waals surface area contributed by atoms with E-state index in [1.54, 1.807) is 0 Å². The second-order valence-corrected chi connectivity index (χ2v) is 4.59. The van der Waals surface area contributed by atoms with Gasteiger partial charge in [-0.05, 0) is 24.6 Å². The molecule has 2 bridgehead atoms. The number of fused-ring (bicyclic) bond motifs is 5. The molecule has 12 heavy (non-hydrogen) atoms. The van der Waals surface area contributed by atoms with E-state index in [0.29, 0.717) is 0 Å². The van der Waals surface area contributed by atoms with Crippen molar-refractivity contribution in [3.8, 4) is 0 Å². The van der Waals surface area contributed by atoms with Gasteiger partial charge in [0.2, 0.25) is 10.2 Å². The molecule has 0 aliphatic carbocycles. The summed E-state index contributed by atoms with van der Waals surface area (Å²) in [5.41, 5.74) is 0. The van der Waals surface area contributed by atoms with Gasteiger partial charge in [-0.3, -0.25) is 9.59 Å². The maximum absolute atomic E-state index is 11.3. The van der Waals surface area contributed by atoms with E-state index in [2.05, 4.69) is 0 Å². The number of thioether (sulfide) groups is 1. The Kier molecular flexibility index (Phi) is 1.25. The fraction of sp³-hybridized carbons (Fsp3) is 0.750. The molecule has 0 spiro atoms. The Balaban J connectivity index is 2.03. The maximum Gasteiger partial charge on any atom is 0.202 e. The van der Waals surface area contributed by atoms with Crippen LogP contribution in [0.2, 0.25) is 0 Å². The zero-order valence-electron chi connectivity index (χ0n) is 6.36. The number of hydrogen-bond acceptors (Lipinski definition) is 4. The van der Waals surface area contributed by atoms with Crippen LogP contribution in [0.5, 0.6) is 0 Å². The first kappa shape index (κ1) is 7.09. The largest absolute Gasteiger partial charge is 0.373 e. The molecule has 0 radical (unpaired) electrons. The van der Waals surface area contributed by atoms with Gasteiger partial charge in [-0.25, -0.2) is 0 Å². The van der Waals surface area contributed by atoms with Crippen LogP contribution >= 0.6 is 11.8 Å². The quantitative estimate of drug-likeness (QED) is 0.552. The van der Waals surface area contributed by atoms with Crippen molar-refractivity contribution in [2.45, 2.75) is 25.0 Å². The van der Waals surface area contributed by atoms with Crippen molar-refractivity contribution in [3.05, 3.63) is 0 Å². The van der Waals surface area contributed by atoms with E-state index >= 15 is 0 Å². The van der Waals surface area contributed by atoms with E-state index in [4.69, 9.17) is 4.74 Å². The molecule has 3 saturated heterocycles. The first-order chi connectivity index (χ1) is 5.77. The third-order valence-electron chi connectivity index (χ3n) is 3.02. The molecule has 3 fully saturated rings. The van der Waals surface area contributed by atoms with E-state index in [0.717, 1.165) is 24.6 Å². The standard InChI is InChI=1S/C8H8O3S/c9-7-5-3-1-2-4(11-3)6(5)8(10)12-7/h3-6H,1-2H2/t3-,4-,5-,6+/m1/s1. The van der Waals surface area contributed by atoms with Crippen molar-refractivity contribution >= 4 is 22.0 Å². The van der Waals surface area contributed by atoms with E-state index < -0.39 is 0 Å². The lowest BCUT2D eigenvalue weighted by atomic mass is 9.81. The lowest BCUT2D eigenvalue weighted by Gasteiger charge is -2.15. The summed E-state index contributed by atoms with van der Waals surface area (Å²) in [6.07, 6.45) is 2.05. The molecule has 0 aromatic heterocycles. The summed E-state index contributed by atoms with van der Waals surface area (Å²) in [5.74, 6) is -0.192. The summed E-state index contributed by atoms with van der Waals surface area (Å²) in [7, 11) is 0. The molecule has 3 nitrogen and oxygen atoms in total. The fourth-order valence-electron chi connectivity index (χ4n) is 2.51. The Morgan fingerprint density at radius 2 is 1.58 bits per heavy atom. The molecule has 64 valence electrons. The SMILES string of the molecule is O=C1SC(=O)[C@H]2[C@@H]1[C@H]1CC[C@H]2O1. The Morgan fingerprint density at radius 1 is 1.08 bits per heavy atom. The lowest BCUT2D eigenvalue weighted by Crippen LogP contribution is -2.29. The van der Waals surface area contributed by atoms with Crippen molar-refractivity contribution < 1.29 is 14.3 Å². The highest BCUT2D eigenvalue weighted by molar-refractivity contribution is 8.26. The van der Waals surface area contributed by atoms with Crippen molar-refractivity contribution in [3.63, 3.8) is 0 Å². The second-order valence-electron chi connectivity index (χ2n) is 3.58. The fourth-order valence-corrected chi connectivity index (χ4v) is 3.58. The maximum atomic E-state index is 11.3. The third kappa shape index (κ3) is 0.677. The number of hydrogen-bond donors (Lipinski definition) is 0. The molecule has 3 rings (SSSR count). The number of rotatable bonds is 0. The minimum Gasteiger partial charge on any atom is -0.373 e. The van der Waals surface area contributed by atoms with Crippen LogP contribution in [0.1, 0.15) is 12.8 Å². The Labute approximate surface area is 73.8 Å². The zero-order valence-corrected chi connectivity index (χ0v) is 7.17.